The van der Waals surface area contributed by atoms with Gasteiger partial charge >= 0.3 is 0 Å². The highest BCUT2D eigenvalue weighted by molar-refractivity contribution is 5.41. The molecule has 0 radical (unpaired) electrons. The van der Waals surface area contributed by atoms with Gasteiger partial charge in [0.2, 0.25) is 0 Å². The highest BCUT2D eigenvalue weighted by atomic mass is 16.3. The highest BCUT2D eigenvalue weighted by Gasteiger charge is 2.61. The summed E-state index contributed by atoms with van der Waals surface area (Å²) >= 11 is 0. The molecule has 0 unspecified atom stereocenters. The molecule has 0 heterocycles. The average Bonchev–Trinajstić information content (AvgIpc) is 2.84. The second-order valence-electron chi connectivity index (χ2n) is 9.46. The number of rotatable bonds is 0. The molecule has 0 amide bonds. The van der Waals surface area contributed by atoms with E-state index in [2.05, 4.69) is 24.8 Å². The van der Waals surface area contributed by atoms with Crippen LogP contribution in [0.3, 0.4) is 0 Å². The van der Waals surface area contributed by atoms with Crippen LogP contribution in [0.15, 0.2) is 18.2 Å². The molecular formula is C23H30O3. The van der Waals surface area contributed by atoms with Gasteiger partial charge in [-0.1, -0.05) is 24.8 Å². The van der Waals surface area contributed by atoms with Crippen LogP contribution in [0.5, 0.6) is 5.75 Å². The van der Waals surface area contributed by atoms with Crippen LogP contribution in [0.4, 0.5) is 0 Å². The van der Waals surface area contributed by atoms with E-state index in [1.165, 1.54) is 11.1 Å². The predicted octanol–water partition coefficient (Wildman–Crippen LogP) is 3.75. The fourth-order valence-corrected chi connectivity index (χ4v) is 6.05. The molecule has 1 aromatic rings. The number of hydrogen-bond donors (Lipinski definition) is 3. The molecule has 4 rings (SSSR count). The fourth-order valence-electron chi connectivity index (χ4n) is 6.05. The zero-order chi connectivity index (χ0) is 18.7. The predicted molar refractivity (Wildman–Crippen MR) is 102 cm³/mol. The molecule has 0 spiro atoms. The molecule has 0 aliphatic heterocycles. The van der Waals surface area contributed by atoms with Crippen LogP contribution in [0.1, 0.15) is 69.9 Å². The summed E-state index contributed by atoms with van der Waals surface area (Å²) in [7, 11) is 0. The van der Waals surface area contributed by atoms with Gasteiger partial charge in [-0.05, 0) is 93.4 Å². The minimum absolute atomic E-state index is 0.208. The van der Waals surface area contributed by atoms with Gasteiger partial charge in [0.05, 0.1) is 0 Å². The van der Waals surface area contributed by atoms with Crippen LogP contribution in [0.2, 0.25) is 0 Å². The average molecular weight is 354 g/mol. The zero-order valence-corrected chi connectivity index (χ0v) is 16.0. The smallest absolute Gasteiger partial charge is 0.131 e. The molecule has 0 saturated heterocycles. The lowest BCUT2D eigenvalue weighted by Gasteiger charge is -2.52. The molecule has 26 heavy (non-hydrogen) atoms. The van der Waals surface area contributed by atoms with Crippen molar-refractivity contribution in [2.45, 2.75) is 76.4 Å². The van der Waals surface area contributed by atoms with Gasteiger partial charge in [-0.25, -0.2) is 0 Å². The molecule has 140 valence electrons. The summed E-state index contributed by atoms with van der Waals surface area (Å²) in [5.41, 5.74) is 0.412. The van der Waals surface area contributed by atoms with Crippen LogP contribution >= 0.6 is 0 Å². The van der Waals surface area contributed by atoms with E-state index < -0.39 is 11.2 Å². The number of aliphatic hydroxyl groups is 2. The van der Waals surface area contributed by atoms with Gasteiger partial charge < -0.3 is 15.3 Å². The molecule has 1 aromatic carbocycles. The SMILES string of the molecule is CC(C)(O)C#C[C@]1(O)CC[C@H]2[C@@H]3CCc4cc(O)ccc4[C@H]3CC[C@@]21C. The topological polar surface area (TPSA) is 60.7 Å². The van der Waals surface area contributed by atoms with E-state index in [-0.39, 0.29) is 5.41 Å². The molecule has 0 aromatic heterocycles. The van der Waals surface area contributed by atoms with Gasteiger partial charge in [-0.15, -0.1) is 0 Å². The zero-order valence-electron chi connectivity index (χ0n) is 16.0. The summed E-state index contributed by atoms with van der Waals surface area (Å²) in [6, 6.07) is 5.85. The van der Waals surface area contributed by atoms with Gasteiger partial charge in [-0.2, -0.15) is 0 Å². The van der Waals surface area contributed by atoms with Crippen LogP contribution in [0.25, 0.3) is 0 Å². The third-order valence-electron chi connectivity index (χ3n) is 7.44. The molecule has 3 N–H and O–H groups in total. The summed E-state index contributed by atoms with van der Waals surface area (Å²) in [6.07, 6.45) is 5.84. The van der Waals surface area contributed by atoms with E-state index in [0.29, 0.717) is 29.9 Å². The van der Waals surface area contributed by atoms with Gasteiger partial charge in [0.15, 0.2) is 0 Å². The lowest BCUT2D eigenvalue weighted by Crippen LogP contribution is -2.50. The lowest BCUT2D eigenvalue weighted by molar-refractivity contribution is -0.0651. The quantitative estimate of drug-likeness (QED) is 0.622. The van der Waals surface area contributed by atoms with Gasteiger partial charge in [0.1, 0.15) is 17.0 Å². The molecule has 3 nitrogen and oxygen atoms in total. The van der Waals surface area contributed by atoms with Crippen molar-refractivity contribution < 1.29 is 15.3 Å². The Hall–Kier alpha value is -1.50. The monoisotopic (exact) mass is 354 g/mol. The highest BCUT2D eigenvalue weighted by Crippen LogP contribution is 2.64. The largest absolute Gasteiger partial charge is 0.508 e. The Bertz CT molecular complexity index is 781. The van der Waals surface area contributed by atoms with Crippen molar-refractivity contribution in [1.82, 2.24) is 0 Å². The standard InChI is InChI=1S/C23H30O3/c1-21(2,25)12-13-23(26)11-9-20-19-6-4-15-14-16(24)5-7-17(15)18(19)8-10-22(20,23)3/h5,7,14,18-20,24-26H,4,6,8-11H2,1-3H3/t18-,19-,20+,22+,23-/m1/s1. The number of aromatic hydroxyl groups is 1. The summed E-state index contributed by atoms with van der Waals surface area (Å²) in [5.74, 6) is 7.89. The Balaban J connectivity index is 1.66. The van der Waals surface area contributed by atoms with Crippen molar-refractivity contribution in [2.24, 2.45) is 17.3 Å². The first-order chi connectivity index (χ1) is 12.1. The Kier molecular flexibility index (Phi) is 3.95. The van der Waals surface area contributed by atoms with Crippen molar-refractivity contribution >= 4 is 0 Å². The van der Waals surface area contributed by atoms with Gasteiger partial charge in [-0.3, -0.25) is 0 Å². The normalized spacial score (nSPS) is 38.6. The number of phenolic OH excluding ortho intramolecular Hbond substituents is 1. The maximum absolute atomic E-state index is 11.4. The summed E-state index contributed by atoms with van der Waals surface area (Å²) < 4.78 is 0. The van der Waals surface area contributed by atoms with Crippen LogP contribution in [-0.2, 0) is 6.42 Å². The van der Waals surface area contributed by atoms with Crippen molar-refractivity contribution in [3.8, 4) is 17.6 Å². The molecule has 3 aliphatic carbocycles. The minimum Gasteiger partial charge on any atom is -0.508 e. The molecular weight excluding hydrogens is 324 g/mol. The Labute approximate surface area is 156 Å². The van der Waals surface area contributed by atoms with E-state index in [1.54, 1.807) is 13.8 Å². The van der Waals surface area contributed by atoms with E-state index in [1.807, 2.05) is 12.1 Å². The van der Waals surface area contributed by atoms with Crippen molar-refractivity contribution in [2.75, 3.05) is 0 Å². The second kappa shape index (κ2) is 5.75. The number of benzene rings is 1. The van der Waals surface area contributed by atoms with Gasteiger partial charge in [0, 0.05) is 5.41 Å². The maximum atomic E-state index is 11.4. The fraction of sp³-hybridized carbons (Fsp3) is 0.652. The third kappa shape index (κ3) is 2.66. The van der Waals surface area contributed by atoms with E-state index in [0.717, 1.165) is 32.1 Å². The Morgan fingerprint density at radius 3 is 2.65 bits per heavy atom. The molecule has 0 bridgehead atoms. The number of aryl methyl sites for hydroxylation is 1. The second-order valence-corrected chi connectivity index (χ2v) is 9.46. The molecule has 5 atom stereocenters. The Morgan fingerprint density at radius 2 is 1.92 bits per heavy atom. The number of hydrogen-bond acceptors (Lipinski definition) is 3. The van der Waals surface area contributed by atoms with Crippen molar-refractivity contribution in [1.29, 1.82) is 0 Å². The number of phenols is 1. The first-order valence-corrected chi connectivity index (χ1v) is 9.94. The van der Waals surface area contributed by atoms with E-state index >= 15 is 0 Å². The first-order valence-electron chi connectivity index (χ1n) is 9.94. The Morgan fingerprint density at radius 1 is 1.15 bits per heavy atom. The first kappa shape index (κ1) is 17.9. The molecule has 2 saturated carbocycles. The van der Waals surface area contributed by atoms with Crippen molar-refractivity contribution in [3.63, 3.8) is 0 Å². The molecule has 2 fully saturated rings. The molecule has 3 heteroatoms. The van der Waals surface area contributed by atoms with Gasteiger partial charge in [0.25, 0.3) is 0 Å². The van der Waals surface area contributed by atoms with Crippen molar-refractivity contribution in [3.05, 3.63) is 29.3 Å². The van der Waals surface area contributed by atoms with Crippen LogP contribution in [0, 0.1) is 29.1 Å². The third-order valence-corrected chi connectivity index (χ3v) is 7.44. The van der Waals surface area contributed by atoms with Crippen LogP contribution in [-0.4, -0.2) is 26.5 Å². The van der Waals surface area contributed by atoms with E-state index in [9.17, 15) is 15.3 Å². The summed E-state index contributed by atoms with van der Waals surface area (Å²) in [4.78, 5) is 0. The minimum atomic E-state index is -1.08. The van der Waals surface area contributed by atoms with Crippen LogP contribution < -0.4 is 0 Å². The van der Waals surface area contributed by atoms with E-state index in [4.69, 9.17) is 0 Å². The molecule has 3 aliphatic rings. The summed E-state index contributed by atoms with van der Waals surface area (Å²) in [5, 5.41) is 31.2. The lowest BCUT2D eigenvalue weighted by atomic mass is 9.53. The summed E-state index contributed by atoms with van der Waals surface area (Å²) in [6.45, 7) is 5.55. The maximum Gasteiger partial charge on any atom is 0.131 e. The number of fused-ring (bicyclic) bond motifs is 5.